The number of carboxylic acid groups (broad SMARTS) is 1. The second kappa shape index (κ2) is 6.70. The molecule has 1 atom stereocenters. The van der Waals surface area contributed by atoms with Gasteiger partial charge in [-0.3, -0.25) is 9.59 Å². The van der Waals surface area contributed by atoms with Crippen molar-refractivity contribution >= 4 is 17.6 Å². The molecule has 0 radical (unpaired) electrons. The van der Waals surface area contributed by atoms with Crippen LogP contribution >= 0.6 is 0 Å². The minimum atomic E-state index is -0.954. The lowest BCUT2D eigenvalue weighted by Crippen LogP contribution is -2.25. The number of hydrogen-bond acceptors (Lipinski definition) is 3. The Morgan fingerprint density at radius 3 is 2.42 bits per heavy atom. The maximum Gasteiger partial charge on any atom is 0.308 e. The first-order valence-electron chi connectivity index (χ1n) is 7.53. The van der Waals surface area contributed by atoms with Crippen LogP contribution in [0, 0.1) is 11.7 Å². The Labute approximate surface area is 138 Å². The van der Waals surface area contributed by atoms with E-state index in [-0.39, 0.29) is 24.7 Å². The number of carbonyl (C=O) groups is 2. The molecule has 1 aliphatic heterocycles. The topological polar surface area (TPSA) is 66.8 Å². The number of amides is 1. The first kappa shape index (κ1) is 16.0. The van der Waals surface area contributed by atoms with Gasteiger partial charge in [-0.05, 0) is 42.0 Å². The summed E-state index contributed by atoms with van der Waals surface area (Å²) in [6.45, 7) is 0.493. The third-order valence-corrected chi connectivity index (χ3v) is 3.94. The lowest BCUT2D eigenvalue weighted by atomic mass is 10.1. The molecule has 0 unspecified atom stereocenters. The Bertz CT molecular complexity index is 743. The molecule has 1 aliphatic rings. The zero-order valence-electron chi connectivity index (χ0n) is 12.8. The Morgan fingerprint density at radius 2 is 1.83 bits per heavy atom. The lowest BCUT2D eigenvalue weighted by Gasteiger charge is -2.16. The van der Waals surface area contributed by atoms with Crippen molar-refractivity contribution in [3.8, 4) is 5.75 Å². The highest BCUT2D eigenvalue weighted by Crippen LogP contribution is 2.27. The third-order valence-electron chi connectivity index (χ3n) is 3.94. The Morgan fingerprint density at radius 1 is 1.17 bits per heavy atom. The van der Waals surface area contributed by atoms with Crippen molar-refractivity contribution in [1.29, 1.82) is 0 Å². The summed E-state index contributed by atoms with van der Waals surface area (Å²) in [6.07, 6.45) is 0.0259. The maximum absolute atomic E-state index is 12.8. The highest BCUT2D eigenvalue weighted by atomic mass is 19.1. The molecule has 2 aromatic rings. The van der Waals surface area contributed by atoms with Crippen molar-refractivity contribution in [2.45, 2.75) is 13.0 Å². The van der Waals surface area contributed by atoms with Crippen molar-refractivity contribution in [3.63, 3.8) is 0 Å². The Kier molecular flexibility index (Phi) is 4.46. The molecule has 24 heavy (non-hydrogen) atoms. The lowest BCUT2D eigenvalue weighted by molar-refractivity contribution is -0.141. The molecule has 3 rings (SSSR count). The number of halogens is 1. The Balaban J connectivity index is 1.62. The number of rotatable bonds is 5. The molecule has 1 fully saturated rings. The van der Waals surface area contributed by atoms with Crippen LogP contribution in [-0.4, -0.2) is 23.5 Å². The number of nitrogens with zero attached hydrogens (tertiary/aromatic N) is 1. The number of ether oxygens (including phenoxy) is 1. The van der Waals surface area contributed by atoms with Crippen LogP contribution in [0.25, 0.3) is 0 Å². The summed E-state index contributed by atoms with van der Waals surface area (Å²) in [5, 5.41) is 9.01. The van der Waals surface area contributed by atoms with Crippen LogP contribution in [0.5, 0.6) is 5.75 Å². The van der Waals surface area contributed by atoms with Crippen LogP contribution in [0.2, 0.25) is 0 Å². The van der Waals surface area contributed by atoms with Gasteiger partial charge < -0.3 is 14.7 Å². The zero-order chi connectivity index (χ0) is 17.1. The van der Waals surface area contributed by atoms with E-state index in [1.165, 1.54) is 17.0 Å². The number of carbonyl (C=O) groups excluding carboxylic acids is 1. The van der Waals surface area contributed by atoms with E-state index in [0.717, 1.165) is 5.56 Å². The fourth-order valence-electron chi connectivity index (χ4n) is 2.59. The van der Waals surface area contributed by atoms with Gasteiger partial charge in [-0.1, -0.05) is 12.1 Å². The molecule has 1 heterocycles. The van der Waals surface area contributed by atoms with Crippen LogP contribution < -0.4 is 9.64 Å². The smallest absolute Gasteiger partial charge is 0.308 e. The minimum Gasteiger partial charge on any atom is -0.489 e. The average Bonchev–Trinajstić information content (AvgIpc) is 2.97. The van der Waals surface area contributed by atoms with Gasteiger partial charge in [0.25, 0.3) is 0 Å². The summed E-state index contributed by atoms with van der Waals surface area (Å²) in [7, 11) is 0. The molecule has 5 nitrogen and oxygen atoms in total. The summed E-state index contributed by atoms with van der Waals surface area (Å²) in [4.78, 5) is 24.4. The SMILES string of the molecule is O=C(O)[C@H]1CC(=O)N(c2ccc(OCc3ccc(F)cc3)cc2)C1. The molecular formula is C18H16FNO4. The highest BCUT2D eigenvalue weighted by molar-refractivity contribution is 5.99. The quantitative estimate of drug-likeness (QED) is 0.916. The number of aliphatic carboxylic acids is 1. The number of carboxylic acids is 1. The number of benzene rings is 2. The summed E-state index contributed by atoms with van der Waals surface area (Å²) >= 11 is 0. The van der Waals surface area contributed by atoms with Gasteiger partial charge in [-0.2, -0.15) is 0 Å². The van der Waals surface area contributed by atoms with Gasteiger partial charge in [0.05, 0.1) is 5.92 Å². The minimum absolute atomic E-state index is 0.0259. The van der Waals surface area contributed by atoms with Gasteiger partial charge in [0.2, 0.25) is 5.91 Å². The van der Waals surface area contributed by atoms with E-state index in [2.05, 4.69) is 0 Å². The normalized spacial score (nSPS) is 17.1. The molecule has 0 spiro atoms. The molecule has 2 aromatic carbocycles. The van der Waals surface area contributed by atoms with E-state index < -0.39 is 11.9 Å². The standard InChI is InChI=1S/C18H16FNO4/c19-14-3-1-12(2-4-14)11-24-16-7-5-15(6-8-16)20-10-13(18(22)23)9-17(20)21/h1-8,13H,9-11H2,(H,22,23)/t13-/m0/s1. The molecule has 1 saturated heterocycles. The van der Waals surface area contributed by atoms with Crippen LogP contribution in [0.3, 0.4) is 0 Å². The predicted octanol–water partition coefficient (Wildman–Crippen LogP) is 2.84. The molecule has 0 saturated carbocycles. The van der Waals surface area contributed by atoms with E-state index in [0.29, 0.717) is 18.0 Å². The molecule has 6 heteroatoms. The molecular weight excluding hydrogens is 313 g/mol. The van der Waals surface area contributed by atoms with Crippen molar-refractivity contribution in [1.82, 2.24) is 0 Å². The maximum atomic E-state index is 12.8. The first-order valence-corrected chi connectivity index (χ1v) is 7.53. The summed E-state index contributed by atoms with van der Waals surface area (Å²) in [6, 6.07) is 12.9. The fraction of sp³-hybridized carbons (Fsp3) is 0.222. The predicted molar refractivity (Wildman–Crippen MR) is 85.3 cm³/mol. The average molecular weight is 329 g/mol. The van der Waals surface area contributed by atoms with E-state index >= 15 is 0 Å². The summed E-state index contributed by atoms with van der Waals surface area (Å²) in [5.41, 5.74) is 1.50. The summed E-state index contributed by atoms with van der Waals surface area (Å²) < 4.78 is 18.5. The molecule has 1 N–H and O–H groups in total. The van der Waals surface area contributed by atoms with Crippen LogP contribution in [-0.2, 0) is 16.2 Å². The van der Waals surface area contributed by atoms with E-state index in [9.17, 15) is 14.0 Å². The molecule has 124 valence electrons. The van der Waals surface area contributed by atoms with Crippen LogP contribution in [0.15, 0.2) is 48.5 Å². The monoisotopic (exact) mass is 329 g/mol. The van der Waals surface area contributed by atoms with Gasteiger partial charge in [0, 0.05) is 18.7 Å². The molecule has 0 bridgehead atoms. The van der Waals surface area contributed by atoms with E-state index in [4.69, 9.17) is 9.84 Å². The number of anilines is 1. The largest absolute Gasteiger partial charge is 0.489 e. The van der Waals surface area contributed by atoms with Crippen molar-refractivity contribution in [2.24, 2.45) is 5.92 Å². The fourth-order valence-corrected chi connectivity index (χ4v) is 2.59. The third kappa shape index (κ3) is 3.53. The van der Waals surface area contributed by atoms with E-state index in [1.807, 2.05) is 0 Å². The van der Waals surface area contributed by atoms with Gasteiger partial charge in [0.15, 0.2) is 0 Å². The summed E-state index contributed by atoms with van der Waals surface area (Å²) in [5.74, 6) is -1.48. The second-order valence-corrected chi connectivity index (χ2v) is 5.65. The van der Waals surface area contributed by atoms with Crippen molar-refractivity contribution in [3.05, 3.63) is 59.9 Å². The molecule has 0 aliphatic carbocycles. The highest BCUT2D eigenvalue weighted by Gasteiger charge is 2.34. The van der Waals surface area contributed by atoms with Gasteiger partial charge in [-0.15, -0.1) is 0 Å². The van der Waals surface area contributed by atoms with Crippen LogP contribution in [0.4, 0.5) is 10.1 Å². The van der Waals surface area contributed by atoms with Crippen molar-refractivity contribution in [2.75, 3.05) is 11.4 Å². The molecule has 1 amide bonds. The molecule has 0 aromatic heterocycles. The van der Waals surface area contributed by atoms with Crippen molar-refractivity contribution < 1.29 is 23.8 Å². The number of hydrogen-bond donors (Lipinski definition) is 1. The first-order chi connectivity index (χ1) is 11.5. The Hall–Kier alpha value is -2.89. The van der Waals surface area contributed by atoms with Gasteiger partial charge >= 0.3 is 5.97 Å². The second-order valence-electron chi connectivity index (χ2n) is 5.65. The van der Waals surface area contributed by atoms with Gasteiger partial charge in [-0.25, -0.2) is 4.39 Å². The van der Waals surface area contributed by atoms with Gasteiger partial charge in [0.1, 0.15) is 18.2 Å². The zero-order valence-corrected chi connectivity index (χ0v) is 12.8. The van der Waals surface area contributed by atoms with E-state index in [1.54, 1.807) is 36.4 Å². The van der Waals surface area contributed by atoms with Crippen LogP contribution in [0.1, 0.15) is 12.0 Å².